The molecular formula is C17H22N4O3. The number of benzene rings is 1. The summed E-state index contributed by atoms with van der Waals surface area (Å²) in [5.74, 6) is 0.867. The second-order valence-electron chi connectivity index (χ2n) is 5.96. The quantitative estimate of drug-likeness (QED) is 0.869. The number of para-hydroxylation sites is 1. The summed E-state index contributed by atoms with van der Waals surface area (Å²) in [4.78, 5) is 33.3. The van der Waals surface area contributed by atoms with E-state index in [4.69, 9.17) is 4.74 Å². The molecule has 0 radical (unpaired) electrons. The highest BCUT2D eigenvalue weighted by molar-refractivity contribution is 5.77. The van der Waals surface area contributed by atoms with E-state index < -0.39 is 0 Å². The fraction of sp³-hybridized carbons (Fsp3) is 0.471. The third-order valence-electron chi connectivity index (χ3n) is 4.24. The molecule has 128 valence electrons. The van der Waals surface area contributed by atoms with Crippen molar-refractivity contribution in [3.05, 3.63) is 40.4 Å². The molecule has 0 saturated carbocycles. The van der Waals surface area contributed by atoms with Crippen LogP contribution < -0.4 is 10.9 Å². The number of carbonyl (C=O) groups is 1. The number of hydrogen-bond acceptors (Lipinski definition) is 4. The van der Waals surface area contributed by atoms with Gasteiger partial charge in [0.15, 0.2) is 0 Å². The van der Waals surface area contributed by atoms with E-state index in [1.807, 2.05) is 13.0 Å². The van der Waals surface area contributed by atoms with Crippen LogP contribution in [0.25, 0.3) is 10.9 Å². The molecule has 0 aliphatic carbocycles. The summed E-state index contributed by atoms with van der Waals surface area (Å²) < 4.78 is 5.31. The fourth-order valence-corrected chi connectivity index (χ4v) is 2.81. The van der Waals surface area contributed by atoms with Crippen molar-refractivity contribution in [3.8, 4) is 0 Å². The van der Waals surface area contributed by atoms with E-state index in [1.54, 1.807) is 23.1 Å². The van der Waals surface area contributed by atoms with Gasteiger partial charge in [0.2, 0.25) is 0 Å². The number of amides is 2. The average Bonchev–Trinajstić information content (AvgIpc) is 3.11. The maximum Gasteiger partial charge on any atom is 0.317 e. The molecule has 1 atom stereocenters. The molecule has 2 amide bonds. The number of nitrogens with zero attached hydrogens (tertiary/aromatic N) is 2. The molecule has 0 bridgehead atoms. The van der Waals surface area contributed by atoms with E-state index >= 15 is 0 Å². The van der Waals surface area contributed by atoms with Crippen LogP contribution >= 0.6 is 0 Å². The number of aromatic amines is 1. The molecule has 7 heteroatoms. The first kappa shape index (κ1) is 16.4. The van der Waals surface area contributed by atoms with Crippen LogP contribution in [0.15, 0.2) is 29.1 Å². The summed E-state index contributed by atoms with van der Waals surface area (Å²) >= 11 is 0. The van der Waals surface area contributed by atoms with E-state index in [2.05, 4.69) is 15.3 Å². The average molecular weight is 330 g/mol. The van der Waals surface area contributed by atoms with Crippen LogP contribution in [0, 0.1) is 5.92 Å². The van der Waals surface area contributed by atoms with Crippen molar-refractivity contribution in [2.45, 2.75) is 19.9 Å². The van der Waals surface area contributed by atoms with Crippen LogP contribution in [0.5, 0.6) is 0 Å². The number of aromatic nitrogens is 2. The highest BCUT2D eigenvalue weighted by Gasteiger charge is 2.19. The monoisotopic (exact) mass is 330 g/mol. The molecule has 3 rings (SSSR count). The zero-order valence-corrected chi connectivity index (χ0v) is 13.7. The van der Waals surface area contributed by atoms with E-state index in [1.165, 1.54) is 0 Å². The highest BCUT2D eigenvalue weighted by Crippen LogP contribution is 2.11. The van der Waals surface area contributed by atoms with Crippen LogP contribution in [0.4, 0.5) is 4.79 Å². The van der Waals surface area contributed by atoms with Gasteiger partial charge < -0.3 is 19.9 Å². The Kier molecular flexibility index (Phi) is 5.10. The van der Waals surface area contributed by atoms with Gasteiger partial charge in [0.25, 0.3) is 5.56 Å². The predicted molar refractivity (Wildman–Crippen MR) is 90.8 cm³/mol. The van der Waals surface area contributed by atoms with Crippen LogP contribution in [0.2, 0.25) is 0 Å². The maximum atomic E-state index is 12.3. The Bertz CT molecular complexity index is 768. The molecule has 1 aliphatic heterocycles. The van der Waals surface area contributed by atoms with E-state index in [0.29, 0.717) is 42.3 Å². The molecule has 0 spiro atoms. The lowest BCUT2D eigenvalue weighted by Gasteiger charge is -2.21. The zero-order valence-electron chi connectivity index (χ0n) is 13.7. The van der Waals surface area contributed by atoms with Crippen molar-refractivity contribution in [2.75, 3.05) is 26.3 Å². The van der Waals surface area contributed by atoms with Crippen molar-refractivity contribution in [3.63, 3.8) is 0 Å². The van der Waals surface area contributed by atoms with Crippen molar-refractivity contribution in [2.24, 2.45) is 5.92 Å². The fourth-order valence-electron chi connectivity index (χ4n) is 2.81. The molecule has 2 N–H and O–H groups in total. The highest BCUT2D eigenvalue weighted by atomic mass is 16.5. The van der Waals surface area contributed by atoms with Gasteiger partial charge in [-0.1, -0.05) is 12.1 Å². The molecule has 0 unspecified atom stereocenters. The number of rotatable bonds is 5. The number of nitrogens with one attached hydrogen (secondary N) is 2. The lowest BCUT2D eigenvalue weighted by Crippen LogP contribution is -2.42. The summed E-state index contributed by atoms with van der Waals surface area (Å²) in [6.07, 6.45) is 0.978. The second-order valence-corrected chi connectivity index (χ2v) is 5.96. The summed E-state index contributed by atoms with van der Waals surface area (Å²) in [5, 5.41) is 3.49. The lowest BCUT2D eigenvalue weighted by molar-refractivity contribution is 0.180. The smallest absolute Gasteiger partial charge is 0.317 e. The van der Waals surface area contributed by atoms with Crippen LogP contribution in [-0.4, -0.2) is 47.2 Å². The van der Waals surface area contributed by atoms with Gasteiger partial charge in [0.1, 0.15) is 5.82 Å². The minimum Gasteiger partial charge on any atom is -0.381 e. The van der Waals surface area contributed by atoms with E-state index in [0.717, 1.165) is 13.0 Å². The van der Waals surface area contributed by atoms with Crippen LogP contribution in [0.1, 0.15) is 19.2 Å². The first-order valence-corrected chi connectivity index (χ1v) is 8.26. The second kappa shape index (κ2) is 7.44. The van der Waals surface area contributed by atoms with E-state index in [9.17, 15) is 9.59 Å². The Morgan fingerprint density at radius 3 is 3.04 bits per heavy atom. The van der Waals surface area contributed by atoms with Gasteiger partial charge in [0.05, 0.1) is 24.1 Å². The van der Waals surface area contributed by atoms with Gasteiger partial charge in [-0.05, 0) is 25.5 Å². The summed E-state index contributed by atoms with van der Waals surface area (Å²) in [6, 6.07) is 7.02. The molecule has 1 aliphatic rings. The van der Waals surface area contributed by atoms with Crippen molar-refractivity contribution >= 4 is 16.9 Å². The minimum absolute atomic E-state index is 0.153. The zero-order chi connectivity index (χ0) is 16.9. The Morgan fingerprint density at radius 1 is 1.46 bits per heavy atom. The SMILES string of the molecule is CCN(Cc1nc2ccccc2c(=O)[nH]1)C(=O)NC[C@@H]1CCOC1. The third kappa shape index (κ3) is 3.73. The molecule has 7 nitrogen and oxygen atoms in total. The molecule has 1 aromatic carbocycles. The minimum atomic E-state index is -0.185. The molecular weight excluding hydrogens is 308 g/mol. The normalized spacial score (nSPS) is 17.1. The first-order valence-electron chi connectivity index (χ1n) is 8.26. The summed E-state index contributed by atoms with van der Waals surface area (Å²) in [5.41, 5.74) is 0.450. The van der Waals surface area contributed by atoms with Gasteiger partial charge in [-0.25, -0.2) is 9.78 Å². The molecule has 1 aromatic heterocycles. The Balaban J connectivity index is 1.68. The first-order chi connectivity index (χ1) is 11.7. The van der Waals surface area contributed by atoms with Crippen molar-refractivity contribution in [1.82, 2.24) is 20.2 Å². The van der Waals surface area contributed by atoms with Crippen LogP contribution in [0.3, 0.4) is 0 Å². The van der Waals surface area contributed by atoms with Gasteiger partial charge in [-0.2, -0.15) is 0 Å². The third-order valence-corrected chi connectivity index (χ3v) is 4.24. The number of H-pyrrole nitrogens is 1. The molecule has 1 fully saturated rings. The number of ether oxygens (including phenoxy) is 1. The number of carbonyl (C=O) groups excluding carboxylic acids is 1. The van der Waals surface area contributed by atoms with Crippen molar-refractivity contribution in [1.29, 1.82) is 0 Å². The topological polar surface area (TPSA) is 87.3 Å². The van der Waals surface area contributed by atoms with Crippen LogP contribution in [-0.2, 0) is 11.3 Å². The number of urea groups is 1. The molecule has 1 saturated heterocycles. The molecule has 24 heavy (non-hydrogen) atoms. The number of fused-ring (bicyclic) bond motifs is 1. The maximum absolute atomic E-state index is 12.3. The molecule has 2 aromatic rings. The Hall–Kier alpha value is -2.41. The summed E-state index contributed by atoms with van der Waals surface area (Å²) in [6.45, 7) is 4.77. The lowest BCUT2D eigenvalue weighted by atomic mass is 10.1. The number of hydrogen-bond donors (Lipinski definition) is 2. The van der Waals surface area contributed by atoms with Gasteiger partial charge in [-0.3, -0.25) is 4.79 Å². The Morgan fingerprint density at radius 2 is 2.29 bits per heavy atom. The van der Waals surface area contributed by atoms with E-state index in [-0.39, 0.29) is 18.1 Å². The largest absolute Gasteiger partial charge is 0.381 e. The van der Waals surface area contributed by atoms with Gasteiger partial charge in [-0.15, -0.1) is 0 Å². The predicted octanol–water partition coefficient (Wildman–Crippen LogP) is 1.49. The Labute approximate surface area is 140 Å². The van der Waals surface area contributed by atoms with Gasteiger partial charge in [0, 0.05) is 25.6 Å². The van der Waals surface area contributed by atoms with Gasteiger partial charge >= 0.3 is 6.03 Å². The van der Waals surface area contributed by atoms with Crippen molar-refractivity contribution < 1.29 is 9.53 Å². The standard InChI is InChI=1S/C17H22N4O3/c1-2-21(17(23)18-9-12-7-8-24-11-12)10-15-19-14-6-4-3-5-13(14)16(22)20-15/h3-6,12H,2,7-11H2,1H3,(H,18,23)(H,19,20,22)/t12-/m0/s1. The summed E-state index contributed by atoms with van der Waals surface area (Å²) in [7, 11) is 0. The molecule has 2 heterocycles.